The quantitative estimate of drug-likeness (QED) is 0.793. The van der Waals surface area contributed by atoms with Gasteiger partial charge in [-0.3, -0.25) is 4.79 Å². The van der Waals surface area contributed by atoms with Gasteiger partial charge in [-0.05, 0) is 36.5 Å². The Balaban J connectivity index is 1.85. The maximum absolute atomic E-state index is 11.1. The Morgan fingerprint density at radius 1 is 1.40 bits per heavy atom. The van der Waals surface area contributed by atoms with E-state index >= 15 is 0 Å². The number of nitriles is 1. The van der Waals surface area contributed by atoms with Crippen LogP contribution in [0, 0.1) is 17.2 Å². The summed E-state index contributed by atoms with van der Waals surface area (Å²) in [5.74, 6) is 0.835. The maximum Gasteiger partial charge on any atom is 0.221 e. The smallest absolute Gasteiger partial charge is 0.221 e. The SMILES string of the molecule is CC(=O)Nc1ccc(CCCCC2CCC2)cc1C#N. The molecule has 1 saturated carbocycles. The lowest BCUT2D eigenvalue weighted by molar-refractivity contribution is -0.114. The Hall–Kier alpha value is -1.82. The van der Waals surface area contributed by atoms with Crippen LogP contribution in [0.15, 0.2) is 18.2 Å². The first-order valence-electron chi connectivity index (χ1n) is 7.49. The van der Waals surface area contributed by atoms with Crippen molar-refractivity contribution in [3.63, 3.8) is 0 Å². The standard InChI is InChI=1S/C17H22N2O/c1-13(20)19-17-10-9-15(11-16(17)12-18)6-3-2-5-14-7-4-8-14/h9-11,14H,2-8H2,1H3,(H,19,20). The molecule has 0 spiro atoms. The number of amides is 1. The topological polar surface area (TPSA) is 52.9 Å². The summed E-state index contributed by atoms with van der Waals surface area (Å²) in [7, 11) is 0. The Morgan fingerprint density at radius 2 is 2.20 bits per heavy atom. The minimum atomic E-state index is -0.144. The highest BCUT2D eigenvalue weighted by atomic mass is 16.1. The van der Waals surface area contributed by atoms with Crippen molar-refractivity contribution in [2.45, 2.75) is 51.9 Å². The third-order valence-corrected chi connectivity index (χ3v) is 4.07. The molecule has 0 aromatic heterocycles. The van der Waals surface area contributed by atoms with Crippen molar-refractivity contribution in [2.24, 2.45) is 5.92 Å². The normalized spacial score (nSPS) is 14.4. The summed E-state index contributed by atoms with van der Waals surface area (Å²) in [5, 5.41) is 11.8. The molecule has 106 valence electrons. The molecule has 1 aromatic carbocycles. The number of anilines is 1. The molecular weight excluding hydrogens is 248 g/mol. The zero-order chi connectivity index (χ0) is 14.4. The van der Waals surface area contributed by atoms with Crippen molar-refractivity contribution in [1.82, 2.24) is 0 Å². The molecule has 0 atom stereocenters. The van der Waals surface area contributed by atoms with Crippen LogP contribution in [0.5, 0.6) is 0 Å². The number of unbranched alkanes of at least 4 members (excludes halogenated alkanes) is 1. The second kappa shape index (κ2) is 7.09. The molecule has 20 heavy (non-hydrogen) atoms. The van der Waals surface area contributed by atoms with Gasteiger partial charge in [0.1, 0.15) is 6.07 Å². The van der Waals surface area contributed by atoms with E-state index in [9.17, 15) is 4.79 Å². The van der Waals surface area contributed by atoms with Gasteiger partial charge in [0.2, 0.25) is 5.91 Å². The van der Waals surface area contributed by atoms with E-state index in [2.05, 4.69) is 11.4 Å². The first-order chi connectivity index (χ1) is 9.69. The molecule has 3 heteroatoms. The number of benzene rings is 1. The van der Waals surface area contributed by atoms with Crippen LogP contribution in [0.1, 0.15) is 56.6 Å². The number of rotatable bonds is 6. The molecular formula is C17H22N2O. The van der Waals surface area contributed by atoms with Crippen LogP contribution in [0.4, 0.5) is 5.69 Å². The van der Waals surface area contributed by atoms with Crippen LogP contribution in [0.2, 0.25) is 0 Å². The summed E-state index contributed by atoms with van der Waals surface area (Å²) < 4.78 is 0. The average molecular weight is 270 g/mol. The molecule has 1 aliphatic carbocycles. The van der Waals surface area contributed by atoms with Gasteiger partial charge in [0.25, 0.3) is 0 Å². The van der Waals surface area contributed by atoms with Crippen molar-refractivity contribution >= 4 is 11.6 Å². The van der Waals surface area contributed by atoms with E-state index in [1.54, 1.807) is 0 Å². The molecule has 3 nitrogen and oxygen atoms in total. The molecule has 0 saturated heterocycles. The van der Waals surface area contributed by atoms with Gasteiger partial charge >= 0.3 is 0 Å². The van der Waals surface area contributed by atoms with Gasteiger partial charge in [-0.15, -0.1) is 0 Å². The highest BCUT2D eigenvalue weighted by Gasteiger charge is 2.16. The number of carbonyl (C=O) groups excluding carboxylic acids is 1. The van der Waals surface area contributed by atoms with E-state index in [1.165, 1.54) is 51.0 Å². The Labute approximate surface area is 121 Å². The highest BCUT2D eigenvalue weighted by Crippen LogP contribution is 2.31. The first kappa shape index (κ1) is 14.6. The summed E-state index contributed by atoms with van der Waals surface area (Å²) in [6.45, 7) is 1.45. The fourth-order valence-corrected chi connectivity index (χ4v) is 2.68. The van der Waals surface area contributed by atoms with Crippen molar-refractivity contribution in [2.75, 3.05) is 5.32 Å². The number of nitrogens with one attached hydrogen (secondary N) is 1. The summed E-state index contributed by atoms with van der Waals surface area (Å²) in [6.07, 6.45) is 9.09. The van der Waals surface area contributed by atoms with Gasteiger partial charge in [0.05, 0.1) is 11.3 Å². The molecule has 1 N–H and O–H groups in total. The van der Waals surface area contributed by atoms with Crippen molar-refractivity contribution in [3.8, 4) is 6.07 Å². The predicted octanol–water partition coefficient (Wildman–Crippen LogP) is 4.03. The number of nitrogens with zero attached hydrogens (tertiary/aromatic N) is 1. The number of hydrogen-bond donors (Lipinski definition) is 1. The number of aryl methyl sites for hydroxylation is 1. The zero-order valence-electron chi connectivity index (χ0n) is 12.1. The van der Waals surface area contributed by atoms with E-state index in [0.29, 0.717) is 11.3 Å². The zero-order valence-corrected chi connectivity index (χ0v) is 12.1. The summed E-state index contributed by atoms with van der Waals surface area (Å²) in [6, 6.07) is 7.89. The van der Waals surface area contributed by atoms with E-state index < -0.39 is 0 Å². The minimum absolute atomic E-state index is 0.144. The van der Waals surface area contributed by atoms with Crippen molar-refractivity contribution < 1.29 is 4.79 Å². The molecule has 2 rings (SSSR count). The predicted molar refractivity (Wildman–Crippen MR) is 80.4 cm³/mol. The van der Waals surface area contributed by atoms with Gasteiger partial charge in [-0.2, -0.15) is 5.26 Å². The van der Waals surface area contributed by atoms with Crippen LogP contribution < -0.4 is 5.32 Å². The molecule has 0 aliphatic heterocycles. The molecule has 0 heterocycles. The lowest BCUT2D eigenvalue weighted by atomic mass is 9.81. The molecule has 0 radical (unpaired) electrons. The van der Waals surface area contributed by atoms with E-state index in [4.69, 9.17) is 5.26 Å². The lowest BCUT2D eigenvalue weighted by Crippen LogP contribution is -2.10. The van der Waals surface area contributed by atoms with Gasteiger partial charge < -0.3 is 5.32 Å². The fraction of sp³-hybridized carbons (Fsp3) is 0.529. The van der Waals surface area contributed by atoms with Gasteiger partial charge in [-0.25, -0.2) is 0 Å². The monoisotopic (exact) mass is 270 g/mol. The van der Waals surface area contributed by atoms with Crippen LogP contribution in [-0.2, 0) is 11.2 Å². The Morgan fingerprint density at radius 3 is 2.80 bits per heavy atom. The van der Waals surface area contributed by atoms with Gasteiger partial charge in [-0.1, -0.05) is 38.2 Å². The summed E-state index contributed by atoms with van der Waals surface area (Å²) >= 11 is 0. The molecule has 0 unspecified atom stereocenters. The lowest BCUT2D eigenvalue weighted by Gasteiger charge is -2.24. The van der Waals surface area contributed by atoms with Gasteiger partial charge in [0, 0.05) is 6.92 Å². The third kappa shape index (κ3) is 4.09. The van der Waals surface area contributed by atoms with E-state index in [1.807, 2.05) is 18.2 Å². The Bertz CT molecular complexity index is 512. The number of hydrogen-bond acceptors (Lipinski definition) is 2. The second-order valence-corrected chi connectivity index (χ2v) is 5.72. The number of carbonyl (C=O) groups is 1. The molecule has 1 aromatic rings. The molecule has 1 fully saturated rings. The molecule has 0 bridgehead atoms. The van der Waals surface area contributed by atoms with Crippen LogP contribution in [0.25, 0.3) is 0 Å². The van der Waals surface area contributed by atoms with Crippen molar-refractivity contribution in [1.29, 1.82) is 5.26 Å². The van der Waals surface area contributed by atoms with Crippen molar-refractivity contribution in [3.05, 3.63) is 29.3 Å². The minimum Gasteiger partial charge on any atom is -0.325 e. The van der Waals surface area contributed by atoms with Gasteiger partial charge in [0.15, 0.2) is 0 Å². The van der Waals surface area contributed by atoms with E-state index in [-0.39, 0.29) is 5.91 Å². The van der Waals surface area contributed by atoms with Crippen LogP contribution in [-0.4, -0.2) is 5.91 Å². The summed E-state index contributed by atoms with van der Waals surface area (Å²) in [5.41, 5.74) is 2.35. The Kier molecular flexibility index (Phi) is 5.17. The summed E-state index contributed by atoms with van der Waals surface area (Å²) in [4.78, 5) is 11.1. The molecule has 1 amide bonds. The average Bonchev–Trinajstić information content (AvgIpc) is 2.37. The second-order valence-electron chi connectivity index (χ2n) is 5.72. The molecule has 1 aliphatic rings. The fourth-order valence-electron chi connectivity index (χ4n) is 2.68. The third-order valence-electron chi connectivity index (χ3n) is 4.07. The van der Waals surface area contributed by atoms with E-state index in [0.717, 1.165) is 12.3 Å². The first-order valence-corrected chi connectivity index (χ1v) is 7.49. The van der Waals surface area contributed by atoms with Crippen LogP contribution in [0.3, 0.4) is 0 Å². The maximum atomic E-state index is 11.1. The largest absolute Gasteiger partial charge is 0.325 e. The highest BCUT2D eigenvalue weighted by molar-refractivity contribution is 5.90. The van der Waals surface area contributed by atoms with Crippen LogP contribution >= 0.6 is 0 Å².